The lowest BCUT2D eigenvalue weighted by Crippen LogP contribution is -2.43. The Labute approximate surface area is 214 Å². The van der Waals surface area contributed by atoms with Crippen molar-refractivity contribution >= 4 is 30.7 Å². The Balaban J connectivity index is 3.25. The number of hydrogen-bond donors (Lipinski definition) is 2. The lowest BCUT2D eigenvalue weighted by atomic mass is 10.2. The summed E-state index contributed by atoms with van der Waals surface area (Å²) in [6.07, 6.45) is 0. The fourth-order valence-electron chi connectivity index (χ4n) is 4.23. The molecule has 0 saturated heterocycles. The van der Waals surface area contributed by atoms with Crippen molar-refractivity contribution in [1.29, 1.82) is 0 Å². The van der Waals surface area contributed by atoms with Crippen LogP contribution in [0.25, 0.3) is 0 Å². The largest absolute Gasteiger partial charge is 0.490 e. The molecule has 0 amide bonds. The van der Waals surface area contributed by atoms with Crippen molar-refractivity contribution in [3.8, 4) is 23.0 Å². The van der Waals surface area contributed by atoms with E-state index in [4.69, 9.17) is 29.2 Å². The molecule has 8 heteroatoms. The maximum absolute atomic E-state index is 8.88. The van der Waals surface area contributed by atoms with E-state index < -0.39 is 8.07 Å². The van der Waals surface area contributed by atoms with Crippen LogP contribution >= 0.6 is 22.6 Å². The zero-order chi connectivity index (χ0) is 24.9. The molecule has 1 rings (SSSR count). The van der Waals surface area contributed by atoms with Gasteiger partial charge in [-0.15, -0.1) is 5.54 Å². The normalized spacial score (nSPS) is 11.8. The molecular weight excluding hydrogens is 551 g/mol. The fourth-order valence-corrected chi connectivity index (χ4v) is 10.0. The zero-order valence-electron chi connectivity index (χ0n) is 20.9. The van der Waals surface area contributed by atoms with Gasteiger partial charge < -0.3 is 29.2 Å². The van der Waals surface area contributed by atoms with E-state index in [1.165, 1.54) is 0 Å². The summed E-state index contributed by atoms with van der Waals surface area (Å²) < 4.78 is 23.5. The van der Waals surface area contributed by atoms with Crippen molar-refractivity contribution in [2.24, 2.45) is 0 Å². The summed E-state index contributed by atoms with van der Waals surface area (Å²) in [6.45, 7) is 15.9. The fraction of sp³-hybridized carbons (Fsp3) is 0.680. The molecule has 0 aromatic heterocycles. The summed E-state index contributed by atoms with van der Waals surface area (Å²) in [5.74, 6) is 4.94. The van der Waals surface area contributed by atoms with Gasteiger partial charge in [-0.1, -0.05) is 47.5 Å². The van der Waals surface area contributed by atoms with Crippen molar-refractivity contribution < 1.29 is 29.2 Å². The maximum Gasteiger partial charge on any atom is 0.146 e. The van der Waals surface area contributed by atoms with Crippen LogP contribution in [0.4, 0.5) is 0 Å². The number of halogens is 1. The van der Waals surface area contributed by atoms with Gasteiger partial charge in [-0.25, -0.2) is 0 Å². The molecule has 0 fully saturated rings. The molecule has 33 heavy (non-hydrogen) atoms. The minimum Gasteiger partial charge on any atom is -0.490 e. The molecule has 2 N–H and O–H groups in total. The Morgan fingerprint density at radius 1 is 0.758 bits per heavy atom. The maximum atomic E-state index is 8.88. The van der Waals surface area contributed by atoms with Crippen LogP contribution in [0.2, 0.25) is 16.6 Å². The number of ether oxygens (including phenoxy) is 4. The number of benzene rings is 1. The zero-order valence-corrected chi connectivity index (χ0v) is 24.1. The molecule has 0 saturated carbocycles. The highest BCUT2D eigenvalue weighted by molar-refractivity contribution is 14.1. The topological polar surface area (TPSA) is 77.4 Å². The molecule has 1 aromatic rings. The first kappa shape index (κ1) is 30.2. The molecule has 1 aromatic carbocycles. The molecule has 0 radical (unpaired) electrons. The lowest BCUT2D eigenvalue weighted by Gasteiger charge is -2.38. The van der Waals surface area contributed by atoms with Crippen LogP contribution in [-0.2, 0) is 9.47 Å². The van der Waals surface area contributed by atoms with E-state index in [1.807, 2.05) is 12.1 Å². The predicted octanol–water partition coefficient (Wildman–Crippen LogP) is 4.64. The van der Waals surface area contributed by atoms with Crippen LogP contribution < -0.4 is 9.47 Å². The van der Waals surface area contributed by atoms with Crippen LogP contribution in [0.3, 0.4) is 0 Å². The molecule has 0 spiro atoms. The van der Waals surface area contributed by atoms with E-state index in [0.717, 1.165) is 14.9 Å². The number of hydrogen-bond acceptors (Lipinski definition) is 6. The van der Waals surface area contributed by atoms with Crippen LogP contribution in [0.1, 0.15) is 47.1 Å². The SMILES string of the molecule is CC(C)[Si](C#Cc1cc(OCCOCCO)c(I)cc1OCCOCCO)(C(C)C)C(C)C. The molecule has 0 aliphatic heterocycles. The third kappa shape index (κ3) is 9.38. The summed E-state index contributed by atoms with van der Waals surface area (Å²) in [7, 11) is -1.91. The van der Waals surface area contributed by atoms with Gasteiger partial charge in [0, 0.05) is 6.07 Å². The number of aliphatic hydroxyl groups excluding tert-OH is 2. The second-order valence-electron chi connectivity index (χ2n) is 8.79. The van der Waals surface area contributed by atoms with Crippen molar-refractivity contribution in [3.63, 3.8) is 0 Å². The van der Waals surface area contributed by atoms with Crippen LogP contribution in [0, 0.1) is 15.0 Å². The highest BCUT2D eigenvalue weighted by atomic mass is 127. The molecule has 0 aliphatic rings. The first-order valence-corrected chi connectivity index (χ1v) is 15.0. The Bertz CT molecular complexity index is 735. The van der Waals surface area contributed by atoms with E-state index in [9.17, 15) is 0 Å². The molecule has 0 aliphatic carbocycles. The van der Waals surface area contributed by atoms with Gasteiger partial charge in [0.2, 0.25) is 0 Å². The quantitative estimate of drug-likeness (QED) is 0.134. The van der Waals surface area contributed by atoms with E-state index in [2.05, 4.69) is 75.6 Å². The molecule has 188 valence electrons. The van der Waals surface area contributed by atoms with Gasteiger partial charge in [0.1, 0.15) is 32.8 Å². The highest BCUT2D eigenvalue weighted by Gasteiger charge is 2.41. The molecule has 0 bridgehead atoms. The van der Waals surface area contributed by atoms with Gasteiger partial charge in [-0.05, 0) is 45.3 Å². The summed E-state index contributed by atoms with van der Waals surface area (Å²) in [6, 6.07) is 3.90. The van der Waals surface area contributed by atoms with Gasteiger partial charge in [0.15, 0.2) is 0 Å². The summed E-state index contributed by atoms with van der Waals surface area (Å²) in [5, 5.41) is 17.7. The van der Waals surface area contributed by atoms with Crippen LogP contribution in [0.15, 0.2) is 12.1 Å². The Morgan fingerprint density at radius 3 is 1.70 bits per heavy atom. The van der Waals surface area contributed by atoms with Crippen molar-refractivity contribution in [2.75, 3.05) is 52.9 Å². The van der Waals surface area contributed by atoms with Gasteiger partial charge in [-0.3, -0.25) is 0 Å². The Morgan fingerprint density at radius 2 is 1.24 bits per heavy atom. The van der Waals surface area contributed by atoms with Crippen LogP contribution in [0.5, 0.6) is 11.5 Å². The molecule has 0 unspecified atom stereocenters. The molecular formula is C25H41IO6Si. The second kappa shape index (κ2) is 16.0. The van der Waals surface area contributed by atoms with Gasteiger partial charge >= 0.3 is 0 Å². The van der Waals surface area contributed by atoms with E-state index >= 15 is 0 Å². The smallest absolute Gasteiger partial charge is 0.146 e. The second-order valence-corrected chi connectivity index (χ2v) is 15.5. The summed E-state index contributed by atoms with van der Waals surface area (Å²) in [4.78, 5) is 0. The van der Waals surface area contributed by atoms with Gasteiger partial charge in [0.25, 0.3) is 0 Å². The number of aliphatic hydroxyl groups is 2. The third-order valence-electron chi connectivity index (χ3n) is 5.76. The highest BCUT2D eigenvalue weighted by Crippen LogP contribution is 2.41. The minimum absolute atomic E-state index is 0.00147. The number of rotatable bonds is 15. The lowest BCUT2D eigenvalue weighted by molar-refractivity contribution is 0.0695. The van der Waals surface area contributed by atoms with Crippen molar-refractivity contribution in [1.82, 2.24) is 0 Å². The first-order chi connectivity index (χ1) is 15.7. The monoisotopic (exact) mass is 592 g/mol. The summed E-state index contributed by atoms with van der Waals surface area (Å²) >= 11 is 2.23. The molecule has 6 nitrogen and oxygen atoms in total. The predicted molar refractivity (Wildman–Crippen MR) is 144 cm³/mol. The summed E-state index contributed by atoms with van der Waals surface area (Å²) in [5.41, 5.74) is 6.17. The van der Waals surface area contributed by atoms with Crippen LogP contribution in [-0.4, -0.2) is 71.1 Å². The van der Waals surface area contributed by atoms with E-state index in [1.54, 1.807) is 0 Å². The van der Waals surface area contributed by atoms with Gasteiger partial charge in [0.05, 0.1) is 48.8 Å². The van der Waals surface area contributed by atoms with Crippen molar-refractivity contribution in [2.45, 2.75) is 58.2 Å². The first-order valence-electron chi connectivity index (χ1n) is 11.7. The molecule has 0 atom stereocenters. The third-order valence-corrected chi connectivity index (χ3v) is 12.9. The van der Waals surface area contributed by atoms with Gasteiger partial charge in [-0.2, -0.15) is 0 Å². The Hall–Kier alpha value is -0.833. The van der Waals surface area contributed by atoms with Crippen molar-refractivity contribution in [3.05, 3.63) is 21.3 Å². The standard InChI is InChI=1S/C25H41IO6Si/c1-19(2)33(20(3)4,21(5)6)16-7-22-17-25(32-15-13-30-11-9-28)23(26)18-24(22)31-14-12-29-10-8-27/h17-21,27-28H,8-15H2,1-6H3. The molecule has 0 heterocycles. The van der Waals surface area contributed by atoms with E-state index in [-0.39, 0.29) is 13.2 Å². The minimum atomic E-state index is -1.91. The average Bonchev–Trinajstić information content (AvgIpc) is 2.75. The Kier molecular flexibility index (Phi) is 14.6. The van der Waals surface area contributed by atoms with E-state index in [0.29, 0.717) is 62.0 Å². The average molecular weight is 593 g/mol.